The number of carbonyl (C=O) groups excluding carboxylic acids is 1. The molecule has 0 amide bonds. The minimum atomic E-state index is -0.389. The minimum Gasteiger partial charge on any atom is -0.367 e. The van der Waals surface area contributed by atoms with Gasteiger partial charge in [-0.3, -0.25) is 4.79 Å². The molecule has 0 aliphatic carbocycles. The average molecular weight is 356 g/mol. The van der Waals surface area contributed by atoms with Crippen LogP contribution in [-0.2, 0) is 0 Å². The van der Waals surface area contributed by atoms with Crippen molar-refractivity contribution in [1.29, 1.82) is 0 Å². The van der Waals surface area contributed by atoms with Gasteiger partial charge in [0.2, 0.25) is 0 Å². The molecule has 0 unspecified atom stereocenters. The smallest absolute Gasteiger partial charge is 0.185 e. The summed E-state index contributed by atoms with van der Waals surface area (Å²) < 4.78 is 27.7. The van der Waals surface area contributed by atoms with Gasteiger partial charge in [-0.25, -0.2) is 8.78 Å². The molecule has 2 aromatic rings. The number of rotatable bonds is 5. The molecule has 0 aromatic heterocycles. The SMILES string of the molecule is CCN1CCN(c2ccc(C(=O)/C=C/c3cccc(F)c3)cc2F)CC1. The summed E-state index contributed by atoms with van der Waals surface area (Å²) >= 11 is 0. The summed E-state index contributed by atoms with van der Waals surface area (Å²) in [5.74, 6) is -1.06. The molecule has 136 valence electrons. The Balaban J connectivity index is 1.70. The van der Waals surface area contributed by atoms with E-state index in [2.05, 4.69) is 11.8 Å². The number of nitrogens with zero attached hydrogens (tertiary/aromatic N) is 2. The Morgan fingerprint density at radius 2 is 1.85 bits per heavy atom. The molecule has 3 rings (SSSR count). The number of hydrogen-bond acceptors (Lipinski definition) is 3. The Morgan fingerprint density at radius 1 is 1.08 bits per heavy atom. The van der Waals surface area contributed by atoms with E-state index in [4.69, 9.17) is 0 Å². The Labute approximate surface area is 152 Å². The van der Waals surface area contributed by atoms with Gasteiger partial charge in [0.15, 0.2) is 5.78 Å². The van der Waals surface area contributed by atoms with Crippen LogP contribution >= 0.6 is 0 Å². The lowest BCUT2D eigenvalue weighted by molar-refractivity contribution is 0.104. The van der Waals surface area contributed by atoms with E-state index in [0.717, 1.165) is 32.7 Å². The van der Waals surface area contributed by atoms with Crippen LogP contribution in [0.4, 0.5) is 14.5 Å². The Hall–Kier alpha value is -2.53. The fourth-order valence-corrected chi connectivity index (χ4v) is 3.10. The fourth-order valence-electron chi connectivity index (χ4n) is 3.10. The van der Waals surface area contributed by atoms with E-state index in [1.165, 1.54) is 30.4 Å². The van der Waals surface area contributed by atoms with Gasteiger partial charge in [0, 0.05) is 31.7 Å². The summed E-state index contributed by atoms with van der Waals surface area (Å²) in [6, 6.07) is 10.5. The molecular weight excluding hydrogens is 334 g/mol. The maximum Gasteiger partial charge on any atom is 0.185 e. The lowest BCUT2D eigenvalue weighted by atomic mass is 10.1. The van der Waals surface area contributed by atoms with E-state index < -0.39 is 0 Å². The molecule has 2 aromatic carbocycles. The third-order valence-electron chi connectivity index (χ3n) is 4.67. The second kappa shape index (κ2) is 8.23. The molecule has 1 heterocycles. The summed E-state index contributed by atoms with van der Waals surface area (Å²) in [5.41, 5.74) is 1.40. The van der Waals surface area contributed by atoms with Crippen molar-refractivity contribution in [2.75, 3.05) is 37.6 Å². The summed E-state index contributed by atoms with van der Waals surface area (Å²) in [7, 11) is 0. The third kappa shape index (κ3) is 4.35. The van der Waals surface area contributed by atoms with Crippen LogP contribution in [0.3, 0.4) is 0 Å². The van der Waals surface area contributed by atoms with Crippen LogP contribution in [0.15, 0.2) is 48.5 Å². The fraction of sp³-hybridized carbons (Fsp3) is 0.286. The molecule has 0 bridgehead atoms. The lowest BCUT2D eigenvalue weighted by Crippen LogP contribution is -2.46. The zero-order chi connectivity index (χ0) is 18.5. The highest BCUT2D eigenvalue weighted by molar-refractivity contribution is 6.07. The van der Waals surface area contributed by atoms with Gasteiger partial charge in [-0.2, -0.15) is 0 Å². The lowest BCUT2D eigenvalue weighted by Gasteiger charge is -2.35. The predicted molar refractivity (Wildman–Crippen MR) is 100 cm³/mol. The summed E-state index contributed by atoms with van der Waals surface area (Å²) in [6.45, 7) is 6.49. The molecule has 1 saturated heterocycles. The molecule has 3 nitrogen and oxygen atoms in total. The van der Waals surface area contributed by atoms with Crippen molar-refractivity contribution in [3.05, 3.63) is 71.3 Å². The zero-order valence-electron chi connectivity index (χ0n) is 14.8. The van der Waals surface area contributed by atoms with Crippen LogP contribution in [0.5, 0.6) is 0 Å². The van der Waals surface area contributed by atoms with Crippen molar-refractivity contribution in [3.8, 4) is 0 Å². The Kier molecular flexibility index (Phi) is 5.78. The molecule has 1 aliphatic heterocycles. The predicted octanol–water partition coefficient (Wildman–Crippen LogP) is 4.00. The van der Waals surface area contributed by atoms with E-state index in [0.29, 0.717) is 11.3 Å². The topological polar surface area (TPSA) is 23.6 Å². The summed E-state index contributed by atoms with van der Waals surface area (Å²) in [5, 5.41) is 0. The highest BCUT2D eigenvalue weighted by Gasteiger charge is 2.19. The van der Waals surface area contributed by atoms with Gasteiger partial charge in [0.05, 0.1) is 5.69 Å². The second-order valence-corrected chi connectivity index (χ2v) is 6.34. The van der Waals surface area contributed by atoms with Crippen molar-refractivity contribution in [1.82, 2.24) is 4.90 Å². The van der Waals surface area contributed by atoms with Crippen molar-refractivity contribution < 1.29 is 13.6 Å². The Bertz CT molecular complexity index is 811. The van der Waals surface area contributed by atoms with Crippen molar-refractivity contribution in [2.24, 2.45) is 0 Å². The van der Waals surface area contributed by atoms with Crippen LogP contribution in [0.25, 0.3) is 6.08 Å². The number of likely N-dealkylation sites (N-methyl/N-ethyl adjacent to an activating group) is 1. The minimum absolute atomic E-state index is 0.283. The van der Waals surface area contributed by atoms with Crippen LogP contribution in [0.2, 0.25) is 0 Å². The first-order valence-electron chi connectivity index (χ1n) is 8.81. The van der Waals surface area contributed by atoms with E-state index >= 15 is 0 Å². The number of halogens is 2. The maximum absolute atomic E-state index is 14.5. The number of anilines is 1. The maximum atomic E-state index is 14.5. The van der Waals surface area contributed by atoms with Gasteiger partial charge < -0.3 is 9.80 Å². The van der Waals surface area contributed by atoms with Crippen molar-refractivity contribution in [2.45, 2.75) is 6.92 Å². The molecule has 5 heteroatoms. The number of benzene rings is 2. The molecular formula is C21H22F2N2O. The van der Waals surface area contributed by atoms with E-state index in [-0.39, 0.29) is 23.0 Å². The third-order valence-corrected chi connectivity index (χ3v) is 4.67. The standard InChI is InChI=1S/C21H22F2N2O/c1-2-24-10-12-25(13-11-24)20-8-7-17(15-19(20)23)21(26)9-6-16-4-3-5-18(22)14-16/h3-9,14-15H,2,10-13H2,1H3/b9-6+. The molecule has 0 saturated carbocycles. The Morgan fingerprint density at radius 3 is 2.50 bits per heavy atom. The highest BCUT2D eigenvalue weighted by atomic mass is 19.1. The van der Waals surface area contributed by atoms with Gasteiger partial charge in [0.25, 0.3) is 0 Å². The van der Waals surface area contributed by atoms with E-state index in [1.807, 2.05) is 4.90 Å². The van der Waals surface area contributed by atoms with E-state index in [1.54, 1.807) is 24.3 Å². The molecule has 1 fully saturated rings. The van der Waals surface area contributed by atoms with Gasteiger partial charge in [-0.1, -0.05) is 25.1 Å². The number of piperazine rings is 1. The second-order valence-electron chi connectivity index (χ2n) is 6.34. The molecule has 0 spiro atoms. The molecule has 1 aliphatic rings. The quantitative estimate of drug-likeness (QED) is 0.598. The van der Waals surface area contributed by atoms with Gasteiger partial charge in [0.1, 0.15) is 11.6 Å². The number of carbonyl (C=O) groups is 1. The molecule has 0 N–H and O–H groups in total. The van der Waals surface area contributed by atoms with Gasteiger partial charge in [-0.05, 0) is 48.5 Å². The largest absolute Gasteiger partial charge is 0.367 e. The van der Waals surface area contributed by atoms with Crippen molar-refractivity contribution in [3.63, 3.8) is 0 Å². The molecule has 26 heavy (non-hydrogen) atoms. The molecule has 0 radical (unpaired) electrons. The zero-order valence-corrected chi connectivity index (χ0v) is 14.8. The monoisotopic (exact) mass is 356 g/mol. The number of allylic oxidation sites excluding steroid dienone is 1. The van der Waals surface area contributed by atoms with Crippen molar-refractivity contribution >= 4 is 17.5 Å². The van der Waals surface area contributed by atoms with Crippen LogP contribution in [-0.4, -0.2) is 43.4 Å². The van der Waals surface area contributed by atoms with Gasteiger partial charge in [-0.15, -0.1) is 0 Å². The normalized spacial score (nSPS) is 15.6. The number of ketones is 1. The first-order valence-corrected chi connectivity index (χ1v) is 8.81. The van der Waals surface area contributed by atoms with Crippen LogP contribution in [0, 0.1) is 11.6 Å². The molecule has 0 atom stereocenters. The first kappa shape index (κ1) is 18.3. The van der Waals surface area contributed by atoms with Gasteiger partial charge >= 0.3 is 0 Å². The van der Waals surface area contributed by atoms with E-state index in [9.17, 15) is 13.6 Å². The summed E-state index contributed by atoms with van der Waals surface area (Å²) in [6.07, 6.45) is 2.87. The summed E-state index contributed by atoms with van der Waals surface area (Å²) in [4.78, 5) is 16.6. The number of hydrogen-bond donors (Lipinski definition) is 0. The highest BCUT2D eigenvalue weighted by Crippen LogP contribution is 2.22. The average Bonchev–Trinajstić information content (AvgIpc) is 2.66. The van der Waals surface area contributed by atoms with Crippen LogP contribution < -0.4 is 4.90 Å². The van der Waals surface area contributed by atoms with Crippen LogP contribution in [0.1, 0.15) is 22.8 Å². The first-order chi connectivity index (χ1) is 12.6.